The van der Waals surface area contributed by atoms with Crippen LogP contribution in [0.1, 0.15) is 60.3 Å². The zero-order valence-electron chi connectivity index (χ0n) is 11.2. The van der Waals surface area contributed by atoms with Crippen molar-refractivity contribution in [3.05, 3.63) is 0 Å². The molecule has 0 radical (unpaired) electrons. The van der Waals surface area contributed by atoms with E-state index in [0.717, 1.165) is 23.8 Å². The van der Waals surface area contributed by atoms with Gasteiger partial charge in [-0.25, -0.2) is 0 Å². The monoisotopic (exact) mass is 211 g/mol. The number of rotatable bonds is 4. The molecule has 0 spiro atoms. The van der Waals surface area contributed by atoms with Crippen LogP contribution in [0, 0.1) is 17.8 Å². The molecule has 0 aliphatic heterocycles. The fraction of sp³-hybridized carbons (Fsp3) is 1.00. The molecule has 1 rings (SSSR count). The molecule has 0 amide bonds. The molecular weight excluding hydrogens is 182 g/mol. The van der Waals surface area contributed by atoms with Gasteiger partial charge in [-0.05, 0) is 37.5 Å². The first-order chi connectivity index (χ1) is 7.00. The highest BCUT2D eigenvalue weighted by atomic mass is 14.9. The van der Waals surface area contributed by atoms with Crippen molar-refractivity contribution >= 4 is 0 Å². The van der Waals surface area contributed by atoms with E-state index in [4.69, 9.17) is 0 Å². The average Bonchev–Trinajstić information content (AvgIpc) is 2.18. The second-order valence-corrected chi connectivity index (χ2v) is 6.07. The number of hydrogen-bond donors (Lipinski definition) is 1. The van der Waals surface area contributed by atoms with Gasteiger partial charge in [0.05, 0.1) is 0 Å². The van der Waals surface area contributed by atoms with E-state index in [1.54, 1.807) is 0 Å². The van der Waals surface area contributed by atoms with E-state index in [9.17, 15) is 0 Å². The summed E-state index contributed by atoms with van der Waals surface area (Å²) in [7, 11) is 0. The zero-order valence-corrected chi connectivity index (χ0v) is 11.2. The van der Waals surface area contributed by atoms with Crippen LogP contribution < -0.4 is 5.32 Å². The van der Waals surface area contributed by atoms with Crippen molar-refractivity contribution in [3.63, 3.8) is 0 Å². The van der Waals surface area contributed by atoms with E-state index in [0.29, 0.717) is 6.04 Å². The lowest BCUT2D eigenvalue weighted by atomic mass is 9.79. The highest BCUT2D eigenvalue weighted by Gasteiger charge is 2.25. The van der Waals surface area contributed by atoms with E-state index >= 15 is 0 Å². The van der Waals surface area contributed by atoms with E-state index in [1.807, 2.05) is 0 Å². The van der Waals surface area contributed by atoms with Gasteiger partial charge in [0.15, 0.2) is 0 Å². The van der Waals surface area contributed by atoms with Gasteiger partial charge < -0.3 is 5.32 Å². The lowest BCUT2D eigenvalue weighted by molar-refractivity contribution is 0.213. The Hall–Kier alpha value is -0.0400. The maximum Gasteiger partial charge on any atom is 0.00723 e. The normalized spacial score (nSPS) is 29.8. The minimum atomic E-state index is 0.668. The van der Waals surface area contributed by atoms with E-state index in [-0.39, 0.29) is 0 Å². The van der Waals surface area contributed by atoms with Crippen LogP contribution in [0.25, 0.3) is 0 Å². The third kappa shape index (κ3) is 4.14. The SMILES string of the molecule is CC(C)C1CCCC(NC(C)C(C)C)C1. The minimum absolute atomic E-state index is 0.668. The van der Waals surface area contributed by atoms with Crippen molar-refractivity contribution in [3.8, 4) is 0 Å². The fourth-order valence-electron chi connectivity index (χ4n) is 2.55. The van der Waals surface area contributed by atoms with Crippen molar-refractivity contribution < 1.29 is 0 Å². The first-order valence-corrected chi connectivity index (χ1v) is 6.76. The van der Waals surface area contributed by atoms with Gasteiger partial charge in [0, 0.05) is 12.1 Å². The van der Waals surface area contributed by atoms with E-state index in [2.05, 4.69) is 39.9 Å². The molecule has 0 saturated heterocycles. The van der Waals surface area contributed by atoms with Gasteiger partial charge in [0.2, 0.25) is 0 Å². The maximum atomic E-state index is 3.80. The molecule has 90 valence electrons. The molecule has 3 unspecified atom stereocenters. The lowest BCUT2D eigenvalue weighted by Crippen LogP contribution is -2.42. The lowest BCUT2D eigenvalue weighted by Gasteiger charge is -2.34. The van der Waals surface area contributed by atoms with E-state index < -0.39 is 0 Å². The van der Waals surface area contributed by atoms with Crippen LogP contribution in [0.5, 0.6) is 0 Å². The Balaban J connectivity index is 2.36. The molecule has 1 N–H and O–H groups in total. The molecule has 0 aromatic carbocycles. The second-order valence-electron chi connectivity index (χ2n) is 6.07. The second kappa shape index (κ2) is 5.89. The van der Waals surface area contributed by atoms with Gasteiger partial charge in [-0.2, -0.15) is 0 Å². The summed E-state index contributed by atoms with van der Waals surface area (Å²) >= 11 is 0. The van der Waals surface area contributed by atoms with Crippen molar-refractivity contribution in [2.45, 2.75) is 72.4 Å². The first kappa shape index (κ1) is 13.0. The van der Waals surface area contributed by atoms with Crippen molar-refractivity contribution in [1.82, 2.24) is 5.32 Å². The average molecular weight is 211 g/mol. The van der Waals surface area contributed by atoms with Crippen molar-refractivity contribution in [2.24, 2.45) is 17.8 Å². The van der Waals surface area contributed by atoms with Crippen LogP contribution in [0.15, 0.2) is 0 Å². The van der Waals surface area contributed by atoms with Gasteiger partial charge >= 0.3 is 0 Å². The fourth-order valence-corrected chi connectivity index (χ4v) is 2.55. The minimum Gasteiger partial charge on any atom is -0.311 e. The molecule has 1 saturated carbocycles. The first-order valence-electron chi connectivity index (χ1n) is 6.76. The Morgan fingerprint density at radius 3 is 2.20 bits per heavy atom. The molecule has 1 heteroatoms. The van der Waals surface area contributed by atoms with Crippen molar-refractivity contribution in [1.29, 1.82) is 0 Å². The Morgan fingerprint density at radius 2 is 1.67 bits per heavy atom. The molecule has 1 nitrogen and oxygen atoms in total. The van der Waals surface area contributed by atoms with Crippen molar-refractivity contribution in [2.75, 3.05) is 0 Å². The van der Waals surface area contributed by atoms with Gasteiger partial charge in [-0.15, -0.1) is 0 Å². The molecule has 0 aromatic rings. The van der Waals surface area contributed by atoms with Gasteiger partial charge in [0.1, 0.15) is 0 Å². The molecule has 1 aliphatic carbocycles. The summed E-state index contributed by atoms with van der Waals surface area (Å²) in [6, 6.07) is 1.45. The summed E-state index contributed by atoms with van der Waals surface area (Å²) in [5.74, 6) is 2.57. The van der Waals surface area contributed by atoms with Gasteiger partial charge in [-0.1, -0.05) is 40.5 Å². The largest absolute Gasteiger partial charge is 0.311 e. The summed E-state index contributed by atoms with van der Waals surface area (Å²) in [6.07, 6.45) is 5.66. The Labute approximate surface area is 96.0 Å². The third-order valence-electron chi connectivity index (χ3n) is 4.16. The van der Waals surface area contributed by atoms with Crippen LogP contribution in [0.4, 0.5) is 0 Å². The van der Waals surface area contributed by atoms with Crippen LogP contribution in [-0.4, -0.2) is 12.1 Å². The predicted octanol–water partition coefficient (Wildman–Crippen LogP) is 3.84. The number of hydrogen-bond acceptors (Lipinski definition) is 1. The van der Waals surface area contributed by atoms with Crippen LogP contribution >= 0.6 is 0 Å². The van der Waals surface area contributed by atoms with Crippen LogP contribution in [-0.2, 0) is 0 Å². The zero-order chi connectivity index (χ0) is 11.4. The maximum absolute atomic E-state index is 3.80. The van der Waals surface area contributed by atoms with Crippen LogP contribution in [0.2, 0.25) is 0 Å². The summed E-state index contributed by atoms with van der Waals surface area (Å²) in [5, 5.41) is 3.80. The molecule has 0 bridgehead atoms. The molecular formula is C14H29N. The summed E-state index contributed by atoms with van der Waals surface area (Å²) in [6.45, 7) is 11.7. The Kier molecular flexibility index (Phi) is 5.11. The third-order valence-corrected chi connectivity index (χ3v) is 4.16. The van der Waals surface area contributed by atoms with Gasteiger partial charge in [0.25, 0.3) is 0 Å². The van der Waals surface area contributed by atoms with E-state index in [1.165, 1.54) is 25.7 Å². The summed E-state index contributed by atoms with van der Waals surface area (Å²) in [5.41, 5.74) is 0. The standard InChI is InChI=1S/C14H29N/c1-10(2)12(5)15-14-8-6-7-13(9-14)11(3)4/h10-15H,6-9H2,1-5H3. The predicted molar refractivity (Wildman–Crippen MR) is 68.0 cm³/mol. The highest BCUT2D eigenvalue weighted by molar-refractivity contribution is 4.81. The molecule has 0 heterocycles. The molecule has 3 atom stereocenters. The number of nitrogens with one attached hydrogen (secondary N) is 1. The Morgan fingerprint density at radius 1 is 1.00 bits per heavy atom. The summed E-state index contributed by atoms with van der Waals surface area (Å²) in [4.78, 5) is 0. The molecule has 15 heavy (non-hydrogen) atoms. The highest BCUT2D eigenvalue weighted by Crippen LogP contribution is 2.30. The topological polar surface area (TPSA) is 12.0 Å². The van der Waals surface area contributed by atoms with Crippen LogP contribution in [0.3, 0.4) is 0 Å². The smallest absolute Gasteiger partial charge is 0.00723 e. The quantitative estimate of drug-likeness (QED) is 0.745. The molecule has 1 fully saturated rings. The van der Waals surface area contributed by atoms with Gasteiger partial charge in [-0.3, -0.25) is 0 Å². The summed E-state index contributed by atoms with van der Waals surface area (Å²) < 4.78 is 0. The molecule has 0 aromatic heterocycles. The molecule has 1 aliphatic rings. The Bertz CT molecular complexity index is 172.